The van der Waals surface area contributed by atoms with E-state index in [2.05, 4.69) is 20.5 Å². The topological polar surface area (TPSA) is 57.3 Å². The van der Waals surface area contributed by atoms with Crippen LogP contribution in [0.4, 0.5) is 5.13 Å². The standard InChI is InChI=1S/C13H16N4OS/c1-17(9-6-14-7-9)8-12(18)16-13-15-10-4-2-3-5-11(10)19-13/h2-5,9,14H,6-8H2,1H3,(H,15,16,18). The quantitative estimate of drug-likeness (QED) is 0.879. The van der Waals surface area contributed by atoms with E-state index in [-0.39, 0.29) is 5.91 Å². The summed E-state index contributed by atoms with van der Waals surface area (Å²) in [7, 11) is 1.98. The minimum Gasteiger partial charge on any atom is -0.314 e. The Kier molecular flexibility index (Phi) is 3.46. The van der Waals surface area contributed by atoms with E-state index < -0.39 is 0 Å². The second-order valence-corrected chi connectivity index (χ2v) is 5.79. The van der Waals surface area contributed by atoms with Crippen molar-refractivity contribution in [1.82, 2.24) is 15.2 Å². The number of hydrogen-bond donors (Lipinski definition) is 2. The van der Waals surface area contributed by atoms with Crippen molar-refractivity contribution >= 4 is 32.6 Å². The summed E-state index contributed by atoms with van der Waals surface area (Å²) in [5, 5.41) is 6.74. The summed E-state index contributed by atoms with van der Waals surface area (Å²) in [5.41, 5.74) is 0.930. The molecule has 1 aromatic carbocycles. The van der Waals surface area contributed by atoms with Crippen LogP contribution in [0.5, 0.6) is 0 Å². The molecule has 0 atom stereocenters. The van der Waals surface area contributed by atoms with Crippen molar-refractivity contribution in [3.63, 3.8) is 0 Å². The van der Waals surface area contributed by atoms with Crippen molar-refractivity contribution in [2.45, 2.75) is 6.04 Å². The van der Waals surface area contributed by atoms with Crippen LogP contribution in [0.3, 0.4) is 0 Å². The van der Waals surface area contributed by atoms with Crippen LogP contribution in [0.1, 0.15) is 0 Å². The highest BCUT2D eigenvalue weighted by Gasteiger charge is 2.23. The average molecular weight is 276 g/mol. The molecule has 2 aromatic rings. The van der Waals surface area contributed by atoms with Crippen LogP contribution < -0.4 is 10.6 Å². The molecule has 1 aliphatic heterocycles. The molecule has 2 heterocycles. The molecule has 0 radical (unpaired) electrons. The van der Waals surface area contributed by atoms with Gasteiger partial charge < -0.3 is 10.6 Å². The lowest BCUT2D eigenvalue weighted by molar-refractivity contribution is -0.117. The van der Waals surface area contributed by atoms with Crippen LogP contribution in [0.15, 0.2) is 24.3 Å². The Bertz CT molecular complexity index is 560. The Morgan fingerprint density at radius 2 is 2.32 bits per heavy atom. The fraction of sp³-hybridized carbons (Fsp3) is 0.385. The van der Waals surface area contributed by atoms with Gasteiger partial charge in [0.05, 0.1) is 16.8 Å². The summed E-state index contributed by atoms with van der Waals surface area (Å²) in [6.45, 7) is 2.33. The van der Waals surface area contributed by atoms with Crippen molar-refractivity contribution in [2.24, 2.45) is 0 Å². The van der Waals surface area contributed by atoms with Crippen molar-refractivity contribution in [2.75, 3.05) is 32.0 Å². The lowest BCUT2D eigenvalue weighted by atomic mass is 10.1. The summed E-state index contributed by atoms with van der Waals surface area (Å²) in [5.74, 6) is -0.00606. The van der Waals surface area contributed by atoms with Gasteiger partial charge in [0.2, 0.25) is 5.91 Å². The van der Waals surface area contributed by atoms with Gasteiger partial charge in [0.1, 0.15) is 0 Å². The molecule has 0 aliphatic carbocycles. The number of carbonyl (C=O) groups excluding carboxylic acids is 1. The first-order valence-corrected chi connectivity index (χ1v) is 7.10. The molecule has 1 aliphatic rings. The summed E-state index contributed by atoms with van der Waals surface area (Å²) >= 11 is 1.51. The highest BCUT2D eigenvalue weighted by atomic mass is 32.1. The molecule has 100 valence electrons. The highest BCUT2D eigenvalue weighted by Crippen LogP contribution is 2.25. The monoisotopic (exact) mass is 276 g/mol. The maximum Gasteiger partial charge on any atom is 0.240 e. The minimum absolute atomic E-state index is 0.00606. The van der Waals surface area contributed by atoms with Crippen LogP contribution in [-0.2, 0) is 4.79 Å². The molecule has 0 bridgehead atoms. The maximum atomic E-state index is 11.9. The molecule has 0 saturated carbocycles. The number of aromatic nitrogens is 1. The van der Waals surface area contributed by atoms with Crippen molar-refractivity contribution in [3.8, 4) is 0 Å². The second-order valence-electron chi connectivity index (χ2n) is 4.76. The number of anilines is 1. The molecular formula is C13H16N4OS. The molecule has 6 heteroatoms. The number of para-hydroxylation sites is 1. The first kappa shape index (κ1) is 12.5. The van der Waals surface area contributed by atoms with Crippen molar-refractivity contribution in [1.29, 1.82) is 0 Å². The third-order valence-electron chi connectivity index (χ3n) is 3.32. The predicted molar refractivity (Wildman–Crippen MR) is 77.5 cm³/mol. The van der Waals surface area contributed by atoms with Gasteiger partial charge in [0, 0.05) is 19.1 Å². The van der Waals surface area contributed by atoms with Gasteiger partial charge in [-0.1, -0.05) is 23.5 Å². The van der Waals surface area contributed by atoms with Gasteiger partial charge in [-0.25, -0.2) is 4.98 Å². The number of hydrogen-bond acceptors (Lipinski definition) is 5. The number of benzene rings is 1. The largest absolute Gasteiger partial charge is 0.314 e. The van der Waals surface area contributed by atoms with Crippen molar-refractivity contribution < 1.29 is 4.79 Å². The fourth-order valence-corrected chi connectivity index (χ4v) is 2.91. The number of carbonyl (C=O) groups is 1. The van der Waals surface area contributed by atoms with E-state index in [4.69, 9.17) is 0 Å². The van der Waals surface area contributed by atoms with Gasteiger partial charge >= 0.3 is 0 Å². The summed E-state index contributed by atoms with van der Waals surface area (Å²) in [6.07, 6.45) is 0. The zero-order valence-electron chi connectivity index (χ0n) is 10.7. The van der Waals surface area contributed by atoms with E-state index in [1.165, 1.54) is 11.3 Å². The predicted octanol–water partition coefficient (Wildman–Crippen LogP) is 1.14. The lowest BCUT2D eigenvalue weighted by Gasteiger charge is -2.35. The molecule has 2 N–H and O–H groups in total. The first-order valence-electron chi connectivity index (χ1n) is 6.29. The number of amides is 1. The molecule has 5 nitrogen and oxygen atoms in total. The minimum atomic E-state index is -0.00606. The number of nitrogens with one attached hydrogen (secondary N) is 2. The molecule has 19 heavy (non-hydrogen) atoms. The Hall–Kier alpha value is -1.50. The van der Waals surface area contributed by atoms with Crippen LogP contribution >= 0.6 is 11.3 Å². The Morgan fingerprint density at radius 1 is 1.53 bits per heavy atom. The molecule has 3 rings (SSSR count). The Morgan fingerprint density at radius 3 is 3.00 bits per heavy atom. The molecule has 0 spiro atoms. The summed E-state index contributed by atoms with van der Waals surface area (Å²) in [6, 6.07) is 8.36. The number of nitrogens with zero attached hydrogens (tertiary/aromatic N) is 2. The third-order valence-corrected chi connectivity index (χ3v) is 4.27. The maximum absolute atomic E-state index is 11.9. The normalized spacial score (nSPS) is 15.7. The van der Waals surface area contributed by atoms with Crippen molar-refractivity contribution in [3.05, 3.63) is 24.3 Å². The molecule has 1 saturated heterocycles. The van der Waals surface area contributed by atoms with E-state index in [0.29, 0.717) is 17.7 Å². The smallest absolute Gasteiger partial charge is 0.240 e. The van der Waals surface area contributed by atoms with Crippen LogP contribution in [0.2, 0.25) is 0 Å². The summed E-state index contributed by atoms with van der Waals surface area (Å²) < 4.78 is 1.09. The number of rotatable bonds is 4. The lowest BCUT2D eigenvalue weighted by Crippen LogP contribution is -2.57. The van der Waals surface area contributed by atoms with Gasteiger partial charge in [-0.2, -0.15) is 0 Å². The summed E-state index contributed by atoms with van der Waals surface area (Å²) in [4.78, 5) is 18.4. The van der Waals surface area contributed by atoms with Crippen LogP contribution in [-0.4, -0.2) is 48.5 Å². The van der Waals surface area contributed by atoms with E-state index in [1.807, 2.05) is 31.3 Å². The number of thiazole rings is 1. The van der Waals surface area contributed by atoms with Gasteiger partial charge in [-0.05, 0) is 19.2 Å². The molecular weight excluding hydrogens is 260 g/mol. The highest BCUT2D eigenvalue weighted by molar-refractivity contribution is 7.22. The van der Waals surface area contributed by atoms with Gasteiger partial charge in [-0.15, -0.1) is 0 Å². The average Bonchev–Trinajstić information content (AvgIpc) is 2.67. The van der Waals surface area contributed by atoms with Gasteiger partial charge in [0.25, 0.3) is 0 Å². The second kappa shape index (κ2) is 5.24. The van der Waals surface area contributed by atoms with Gasteiger partial charge in [0.15, 0.2) is 5.13 Å². The van der Waals surface area contributed by atoms with Crippen LogP contribution in [0, 0.1) is 0 Å². The van der Waals surface area contributed by atoms with Crippen LogP contribution in [0.25, 0.3) is 10.2 Å². The van der Waals surface area contributed by atoms with E-state index in [1.54, 1.807) is 0 Å². The molecule has 1 aromatic heterocycles. The fourth-order valence-electron chi connectivity index (χ4n) is 2.03. The first-order chi connectivity index (χ1) is 9.22. The SMILES string of the molecule is CN(CC(=O)Nc1nc2ccccc2s1)C1CNC1. The zero-order chi connectivity index (χ0) is 13.2. The van der Waals surface area contributed by atoms with E-state index in [9.17, 15) is 4.79 Å². The number of likely N-dealkylation sites (N-methyl/N-ethyl adjacent to an activating group) is 1. The number of fused-ring (bicyclic) bond motifs is 1. The third kappa shape index (κ3) is 2.75. The zero-order valence-corrected chi connectivity index (χ0v) is 11.5. The molecule has 1 amide bonds. The van der Waals surface area contributed by atoms with E-state index >= 15 is 0 Å². The molecule has 0 unspecified atom stereocenters. The van der Waals surface area contributed by atoms with E-state index in [0.717, 1.165) is 23.3 Å². The Balaban J connectivity index is 1.62. The van der Waals surface area contributed by atoms with Gasteiger partial charge in [-0.3, -0.25) is 9.69 Å². The Labute approximate surface area is 115 Å². The molecule has 1 fully saturated rings.